The van der Waals surface area contributed by atoms with Crippen molar-refractivity contribution in [3.63, 3.8) is 0 Å². The average Bonchev–Trinajstić information content (AvgIpc) is 2.58. The summed E-state index contributed by atoms with van der Waals surface area (Å²) in [4.78, 5) is 4.36. The smallest absolute Gasteiger partial charge is 0.107 e. The number of nitrogens with zero attached hydrogens (tertiary/aromatic N) is 1. The van der Waals surface area contributed by atoms with Crippen LogP contribution in [-0.2, 0) is 11.3 Å². The van der Waals surface area contributed by atoms with Crippen molar-refractivity contribution in [2.75, 3.05) is 19.8 Å². The maximum Gasteiger partial charge on any atom is 0.107 e. The summed E-state index contributed by atoms with van der Waals surface area (Å²) < 4.78 is 5.35. The molecular formula is C10H18N2OS. The van der Waals surface area contributed by atoms with Gasteiger partial charge in [0.15, 0.2) is 0 Å². The molecule has 0 unspecified atom stereocenters. The molecule has 1 aromatic heterocycles. The second-order valence-electron chi connectivity index (χ2n) is 3.17. The van der Waals surface area contributed by atoms with E-state index < -0.39 is 0 Å². The van der Waals surface area contributed by atoms with Gasteiger partial charge in [-0.15, -0.1) is 11.3 Å². The van der Waals surface area contributed by atoms with Crippen molar-refractivity contribution in [2.24, 2.45) is 0 Å². The summed E-state index contributed by atoms with van der Waals surface area (Å²) in [6.45, 7) is 7.54. The molecule has 4 heteroatoms. The Balaban J connectivity index is 1.99. The molecule has 1 rings (SSSR count). The van der Waals surface area contributed by atoms with Gasteiger partial charge in [0.2, 0.25) is 0 Å². The summed E-state index contributed by atoms with van der Waals surface area (Å²) in [6, 6.07) is 0. The van der Waals surface area contributed by atoms with E-state index in [4.69, 9.17) is 4.74 Å². The molecule has 0 bridgehead atoms. The van der Waals surface area contributed by atoms with Crippen LogP contribution in [0.25, 0.3) is 0 Å². The van der Waals surface area contributed by atoms with Crippen LogP contribution in [0.5, 0.6) is 0 Å². The fraction of sp³-hybridized carbons (Fsp3) is 0.700. The van der Waals surface area contributed by atoms with Gasteiger partial charge < -0.3 is 10.1 Å². The number of hydrogen-bond acceptors (Lipinski definition) is 4. The van der Waals surface area contributed by atoms with E-state index in [1.807, 2.05) is 6.92 Å². The standard InChI is InChI=1S/C10H18N2OS/c1-3-5-13-6-4-11-7-10-12-9(2)8-14-10/h8,11H,3-7H2,1-2H3. The predicted molar refractivity (Wildman–Crippen MR) is 59.7 cm³/mol. The highest BCUT2D eigenvalue weighted by Gasteiger charge is 1.96. The van der Waals surface area contributed by atoms with E-state index in [9.17, 15) is 0 Å². The summed E-state index contributed by atoms with van der Waals surface area (Å²) in [7, 11) is 0. The highest BCUT2D eigenvalue weighted by atomic mass is 32.1. The van der Waals surface area contributed by atoms with Crippen molar-refractivity contribution in [2.45, 2.75) is 26.8 Å². The number of nitrogens with one attached hydrogen (secondary N) is 1. The molecule has 1 N–H and O–H groups in total. The fourth-order valence-electron chi connectivity index (χ4n) is 1.07. The zero-order valence-corrected chi connectivity index (χ0v) is 9.69. The van der Waals surface area contributed by atoms with Gasteiger partial charge in [-0.05, 0) is 13.3 Å². The lowest BCUT2D eigenvalue weighted by atomic mass is 10.5. The lowest BCUT2D eigenvalue weighted by Crippen LogP contribution is -2.19. The molecule has 0 saturated heterocycles. The quantitative estimate of drug-likeness (QED) is 0.705. The normalized spacial score (nSPS) is 10.7. The van der Waals surface area contributed by atoms with E-state index in [2.05, 4.69) is 22.6 Å². The maximum atomic E-state index is 5.35. The lowest BCUT2D eigenvalue weighted by molar-refractivity contribution is 0.136. The van der Waals surface area contributed by atoms with E-state index >= 15 is 0 Å². The molecule has 0 saturated carbocycles. The summed E-state index contributed by atoms with van der Waals surface area (Å²) in [5, 5.41) is 6.52. The van der Waals surface area contributed by atoms with E-state index in [-0.39, 0.29) is 0 Å². The van der Waals surface area contributed by atoms with Gasteiger partial charge in [-0.3, -0.25) is 0 Å². The summed E-state index contributed by atoms with van der Waals surface area (Å²) in [6.07, 6.45) is 1.09. The van der Waals surface area contributed by atoms with Gasteiger partial charge in [0.25, 0.3) is 0 Å². The molecule has 0 aliphatic carbocycles. The van der Waals surface area contributed by atoms with Crippen molar-refractivity contribution < 1.29 is 4.74 Å². The van der Waals surface area contributed by atoms with Crippen LogP contribution in [-0.4, -0.2) is 24.7 Å². The Bertz CT molecular complexity index is 250. The van der Waals surface area contributed by atoms with Gasteiger partial charge in [-0.1, -0.05) is 6.92 Å². The van der Waals surface area contributed by atoms with Gasteiger partial charge in [0, 0.05) is 30.8 Å². The lowest BCUT2D eigenvalue weighted by Gasteiger charge is -2.03. The monoisotopic (exact) mass is 214 g/mol. The zero-order valence-electron chi connectivity index (χ0n) is 8.88. The first-order valence-corrected chi connectivity index (χ1v) is 5.90. The predicted octanol–water partition coefficient (Wildman–Crippen LogP) is 1.97. The Hall–Kier alpha value is -0.450. The fourth-order valence-corrected chi connectivity index (χ4v) is 1.81. The van der Waals surface area contributed by atoms with Crippen LogP contribution in [0.3, 0.4) is 0 Å². The topological polar surface area (TPSA) is 34.1 Å². The van der Waals surface area contributed by atoms with Gasteiger partial charge in [0.1, 0.15) is 5.01 Å². The minimum Gasteiger partial charge on any atom is -0.380 e. The summed E-state index contributed by atoms with van der Waals surface area (Å²) >= 11 is 1.70. The van der Waals surface area contributed by atoms with E-state index in [1.54, 1.807) is 11.3 Å². The number of aryl methyl sites for hydroxylation is 1. The Labute approximate surface area is 89.5 Å². The zero-order chi connectivity index (χ0) is 10.2. The Morgan fingerprint density at radius 3 is 3.00 bits per heavy atom. The first-order chi connectivity index (χ1) is 6.83. The number of ether oxygens (including phenoxy) is 1. The number of hydrogen-bond donors (Lipinski definition) is 1. The SMILES string of the molecule is CCCOCCNCc1nc(C)cs1. The molecule has 0 aromatic carbocycles. The van der Waals surface area contributed by atoms with Crippen LogP contribution >= 0.6 is 11.3 Å². The van der Waals surface area contributed by atoms with Gasteiger partial charge >= 0.3 is 0 Å². The van der Waals surface area contributed by atoms with Crippen LogP contribution in [0.2, 0.25) is 0 Å². The Kier molecular flexibility index (Phi) is 5.75. The van der Waals surface area contributed by atoms with E-state index in [0.29, 0.717) is 0 Å². The second-order valence-corrected chi connectivity index (χ2v) is 4.11. The van der Waals surface area contributed by atoms with Gasteiger partial charge in [-0.2, -0.15) is 0 Å². The summed E-state index contributed by atoms with van der Waals surface area (Å²) in [5.41, 5.74) is 1.11. The maximum absolute atomic E-state index is 5.35. The average molecular weight is 214 g/mol. The van der Waals surface area contributed by atoms with Gasteiger partial charge in [0.05, 0.1) is 6.61 Å². The highest BCUT2D eigenvalue weighted by molar-refractivity contribution is 7.09. The third kappa shape index (κ3) is 4.69. The molecule has 1 aromatic rings. The van der Waals surface area contributed by atoms with Crippen LogP contribution in [0.15, 0.2) is 5.38 Å². The van der Waals surface area contributed by atoms with Crippen LogP contribution in [0.4, 0.5) is 0 Å². The molecule has 0 aliphatic rings. The Morgan fingerprint density at radius 1 is 1.50 bits per heavy atom. The third-order valence-electron chi connectivity index (χ3n) is 1.71. The molecule has 3 nitrogen and oxygen atoms in total. The van der Waals surface area contributed by atoms with Crippen molar-refractivity contribution in [3.05, 3.63) is 16.1 Å². The third-order valence-corrected chi connectivity index (χ3v) is 2.68. The van der Waals surface area contributed by atoms with Gasteiger partial charge in [-0.25, -0.2) is 4.98 Å². The first-order valence-electron chi connectivity index (χ1n) is 5.02. The summed E-state index contributed by atoms with van der Waals surface area (Å²) in [5.74, 6) is 0. The van der Waals surface area contributed by atoms with E-state index in [0.717, 1.165) is 43.4 Å². The Morgan fingerprint density at radius 2 is 2.36 bits per heavy atom. The molecule has 14 heavy (non-hydrogen) atoms. The minimum absolute atomic E-state index is 0.790. The van der Waals surface area contributed by atoms with Crippen LogP contribution < -0.4 is 5.32 Å². The number of rotatable bonds is 7. The highest BCUT2D eigenvalue weighted by Crippen LogP contribution is 2.07. The molecule has 80 valence electrons. The molecular weight excluding hydrogens is 196 g/mol. The second kappa shape index (κ2) is 6.92. The molecule has 0 atom stereocenters. The molecule has 0 fully saturated rings. The van der Waals surface area contributed by atoms with Crippen molar-refractivity contribution in [1.82, 2.24) is 10.3 Å². The molecule has 0 amide bonds. The molecule has 0 aliphatic heterocycles. The van der Waals surface area contributed by atoms with Crippen molar-refractivity contribution >= 4 is 11.3 Å². The number of aromatic nitrogens is 1. The van der Waals surface area contributed by atoms with Crippen molar-refractivity contribution in [3.8, 4) is 0 Å². The number of thiazole rings is 1. The molecule has 0 spiro atoms. The first kappa shape index (κ1) is 11.6. The largest absolute Gasteiger partial charge is 0.380 e. The minimum atomic E-state index is 0.790. The van der Waals surface area contributed by atoms with Crippen LogP contribution in [0.1, 0.15) is 24.0 Å². The molecule has 1 heterocycles. The van der Waals surface area contributed by atoms with E-state index in [1.165, 1.54) is 0 Å². The van der Waals surface area contributed by atoms with Crippen molar-refractivity contribution in [1.29, 1.82) is 0 Å². The van der Waals surface area contributed by atoms with Crippen LogP contribution in [0, 0.1) is 6.92 Å². The molecule has 0 radical (unpaired) electrons.